The van der Waals surface area contributed by atoms with Crippen LogP contribution in [-0.4, -0.2) is 70.3 Å². The first-order valence-electron chi connectivity index (χ1n) is 19.5. The minimum absolute atomic E-state index is 0.00715. The first kappa shape index (κ1) is 43.6. The molecule has 1 aromatic heterocycles. The molecule has 6 rings (SSSR count). The number of nitrogens with zero attached hydrogens (tertiary/aromatic N) is 2. The summed E-state index contributed by atoms with van der Waals surface area (Å²) in [5, 5.41) is 46.9. The van der Waals surface area contributed by atoms with Gasteiger partial charge in [-0.3, -0.25) is 15.1 Å². The van der Waals surface area contributed by atoms with E-state index in [0.717, 1.165) is 45.4 Å². The third-order valence-electron chi connectivity index (χ3n) is 10.7. The summed E-state index contributed by atoms with van der Waals surface area (Å²) in [6.07, 6.45) is 3.23. The molecule has 4 aromatic carbocycles. The molecule has 60 heavy (non-hydrogen) atoms. The van der Waals surface area contributed by atoms with Gasteiger partial charge in [0.2, 0.25) is 0 Å². The SMILES string of the molecule is Cc1c(COc2cc(OCc3cncc(C#N)c3)c(CNC(C)(CO)C(=O)O)cc2Cl)cccc1-c1cccc(-c2ccc3c(c2)CNC(COC(=O)NCCO)C3)c1C. The Hall–Kier alpha value is -6.01. The average molecular weight is 834 g/mol. The van der Waals surface area contributed by atoms with Crippen LogP contribution in [0.4, 0.5) is 4.79 Å². The Balaban J connectivity index is 1.20. The van der Waals surface area contributed by atoms with Crippen molar-refractivity contribution in [3.8, 4) is 39.8 Å². The van der Waals surface area contributed by atoms with Crippen molar-refractivity contribution in [2.24, 2.45) is 0 Å². The second-order valence-corrected chi connectivity index (χ2v) is 15.3. The zero-order valence-corrected chi connectivity index (χ0v) is 34.4. The van der Waals surface area contributed by atoms with E-state index in [0.29, 0.717) is 34.7 Å². The zero-order valence-electron chi connectivity index (χ0n) is 33.7. The number of benzene rings is 4. The minimum atomic E-state index is -1.60. The molecule has 1 aliphatic rings. The van der Waals surface area contributed by atoms with Crippen molar-refractivity contribution < 1.29 is 39.1 Å². The molecule has 1 amide bonds. The monoisotopic (exact) mass is 833 g/mol. The lowest BCUT2D eigenvalue weighted by atomic mass is 9.87. The summed E-state index contributed by atoms with van der Waals surface area (Å²) < 4.78 is 17.8. The van der Waals surface area contributed by atoms with Gasteiger partial charge in [-0.2, -0.15) is 5.26 Å². The second-order valence-electron chi connectivity index (χ2n) is 14.9. The summed E-state index contributed by atoms with van der Waals surface area (Å²) in [6.45, 7) is 6.11. The van der Waals surface area contributed by atoms with Crippen LogP contribution in [0.2, 0.25) is 5.02 Å². The van der Waals surface area contributed by atoms with E-state index in [9.17, 15) is 25.1 Å². The number of aromatic nitrogens is 1. The number of aliphatic hydroxyl groups excluding tert-OH is 2. The Kier molecular flexibility index (Phi) is 14.4. The fraction of sp³-hybridized carbons (Fsp3) is 0.304. The van der Waals surface area contributed by atoms with Crippen molar-refractivity contribution in [3.63, 3.8) is 0 Å². The van der Waals surface area contributed by atoms with Gasteiger partial charge in [-0.15, -0.1) is 0 Å². The highest BCUT2D eigenvalue weighted by Crippen LogP contribution is 2.37. The maximum Gasteiger partial charge on any atom is 0.407 e. The molecule has 2 atom stereocenters. The number of carbonyl (C=O) groups is 2. The summed E-state index contributed by atoms with van der Waals surface area (Å²) in [5.74, 6) is -0.482. The maximum absolute atomic E-state index is 11.9. The van der Waals surface area contributed by atoms with Gasteiger partial charge in [0.1, 0.15) is 42.9 Å². The van der Waals surface area contributed by atoms with Gasteiger partial charge < -0.3 is 40.2 Å². The molecule has 0 aliphatic carbocycles. The number of carbonyl (C=O) groups excluding carboxylic acids is 1. The number of nitrogens with one attached hydrogen (secondary N) is 3. The molecular formula is C46H48ClN5O8. The van der Waals surface area contributed by atoms with Crippen molar-refractivity contribution in [2.75, 3.05) is 26.4 Å². The van der Waals surface area contributed by atoms with Gasteiger partial charge >= 0.3 is 12.1 Å². The standard InChI is InChI=1S/C46H48ClN5O8/c1-28-34(25-59-43-18-42(58-24-31-14-30(19-48)20-49-21-31)36(17-41(43)47)23-52-46(3,27-54)44(55)56)6-4-8-39(28)40-9-5-7-38(29(40)2)33-11-10-32-16-37(51-22-35(32)15-33)26-60-45(57)50-12-13-53/h4-11,14-15,17-18,20-21,37,51-54H,12-13,16,22-27H2,1-3H3,(H,50,57)(H,55,56). The summed E-state index contributed by atoms with van der Waals surface area (Å²) >= 11 is 6.77. The van der Waals surface area contributed by atoms with Crippen LogP contribution >= 0.6 is 11.6 Å². The van der Waals surface area contributed by atoms with Crippen LogP contribution in [-0.2, 0) is 42.3 Å². The largest absolute Gasteiger partial charge is 0.488 e. The molecule has 0 spiro atoms. The Labute approximate surface area is 353 Å². The van der Waals surface area contributed by atoms with Gasteiger partial charge in [-0.25, -0.2) is 4.79 Å². The molecule has 14 heteroatoms. The van der Waals surface area contributed by atoms with Crippen LogP contribution in [0, 0.1) is 25.2 Å². The van der Waals surface area contributed by atoms with Crippen LogP contribution in [0.15, 0.2) is 85.2 Å². The van der Waals surface area contributed by atoms with Gasteiger partial charge in [0, 0.05) is 55.3 Å². The maximum atomic E-state index is 11.9. The normalized spacial score (nSPS) is 14.3. The van der Waals surface area contributed by atoms with Gasteiger partial charge in [0.25, 0.3) is 0 Å². The third kappa shape index (κ3) is 10.4. The van der Waals surface area contributed by atoms with E-state index in [-0.39, 0.29) is 50.6 Å². The van der Waals surface area contributed by atoms with Crippen molar-refractivity contribution >= 4 is 23.7 Å². The lowest BCUT2D eigenvalue weighted by Crippen LogP contribution is -2.52. The molecule has 0 saturated carbocycles. The number of fused-ring (bicyclic) bond motifs is 1. The number of aliphatic hydroxyl groups is 2. The van der Waals surface area contributed by atoms with E-state index in [1.165, 1.54) is 24.2 Å². The molecule has 13 nitrogen and oxygen atoms in total. The molecule has 2 heterocycles. The van der Waals surface area contributed by atoms with Gasteiger partial charge in [-0.05, 0) is 95.5 Å². The van der Waals surface area contributed by atoms with Crippen molar-refractivity contribution in [1.29, 1.82) is 5.26 Å². The quantitative estimate of drug-likeness (QED) is 0.0607. The predicted molar refractivity (Wildman–Crippen MR) is 227 cm³/mol. The smallest absolute Gasteiger partial charge is 0.407 e. The topological polar surface area (TPSA) is 195 Å². The van der Waals surface area contributed by atoms with E-state index in [1.54, 1.807) is 24.4 Å². The number of carboxylic acid groups (broad SMARTS) is 1. The highest BCUT2D eigenvalue weighted by molar-refractivity contribution is 6.32. The Bertz CT molecular complexity index is 2400. The number of hydrogen-bond donors (Lipinski definition) is 6. The summed E-state index contributed by atoms with van der Waals surface area (Å²) in [6, 6.07) is 26.0. The van der Waals surface area contributed by atoms with Gasteiger partial charge in [0.15, 0.2) is 0 Å². The number of halogens is 1. The lowest BCUT2D eigenvalue weighted by molar-refractivity contribution is -0.145. The Morgan fingerprint density at radius 2 is 1.68 bits per heavy atom. The fourth-order valence-electron chi connectivity index (χ4n) is 7.02. The van der Waals surface area contributed by atoms with Crippen LogP contribution in [0.3, 0.4) is 0 Å². The van der Waals surface area contributed by atoms with E-state index >= 15 is 0 Å². The molecule has 0 bridgehead atoms. The van der Waals surface area contributed by atoms with Gasteiger partial charge in [-0.1, -0.05) is 60.1 Å². The molecule has 0 radical (unpaired) electrons. The van der Waals surface area contributed by atoms with Crippen LogP contribution in [0.5, 0.6) is 11.5 Å². The Morgan fingerprint density at radius 3 is 2.43 bits per heavy atom. The summed E-state index contributed by atoms with van der Waals surface area (Å²) in [7, 11) is 0. The predicted octanol–water partition coefficient (Wildman–Crippen LogP) is 6.37. The number of rotatable bonds is 17. The molecular weight excluding hydrogens is 786 g/mol. The number of nitriles is 1. The number of alkyl carbamates (subject to hydrolysis) is 1. The molecule has 0 saturated heterocycles. The van der Waals surface area contributed by atoms with E-state index in [4.69, 9.17) is 30.9 Å². The highest BCUT2D eigenvalue weighted by Gasteiger charge is 2.32. The number of carboxylic acids is 1. The fourth-order valence-corrected chi connectivity index (χ4v) is 7.26. The molecule has 6 N–H and O–H groups in total. The van der Waals surface area contributed by atoms with Crippen LogP contribution in [0.25, 0.3) is 22.3 Å². The zero-order chi connectivity index (χ0) is 42.8. The minimum Gasteiger partial charge on any atom is -0.488 e. The average Bonchev–Trinajstić information content (AvgIpc) is 3.26. The van der Waals surface area contributed by atoms with E-state index in [2.05, 4.69) is 83.3 Å². The molecule has 0 fully saturated rings. The Morgan fingerprint density at radius 1 is 0.933 bits per heavy atom. The molecule has 312 valence electrons. The van der Waals surface area contributed by atoms with Crippen molar-refractivity contribution in [1.82, 2.24) is 20.9 Å². The second kappa shape index (κ2) is 19.8. The van der Waals surface area contributed by atoms with Crippen LogP contribution in [0.1, 0.15) is 51.4 Å². The number of aliphatic carboxylic acids is 1. The highest BCUT2D eigenvalue weighted by atomic mass is 35.5. The first-order valence-corrected chi connectivity index (χ1v) is 19.9. The molecule has 2 unspecified atom stereocenters. The van der Waals surface area contributed by atoms with Crippen molar-refractivity contribution in [3.05, 3.63) is 135 Å². The molecule has 1 aliphatic heterocycles. The van der Waals surface area contributed by atoms with E-state index < -0.39 is 24.2 Å². The number of pyridine rings is 1. The number of ether oxygens (including phenoxy) is 3. The van der Waals surface area contributed by atoms with Gasteiger partial charge in [0.05, 0.1) is 23.8 Å². The summed E-state index contributed by atoms with van der Waals surface area (Å²) in [5.41, 5.74) is 9.88. The lowest BCUT2D eigenvalue weighted by Gasteiger charge is -2.26. The number of amides is 1. The molecule has 5 aromatic rings. The van der Waals surface area contributed by atoms with Crippen LogP contribution < -0.4 is 25.4 Å². The third-order valence-corrected chi connectivity index (χ3v) is 11.0. The first-order chi connectivity index (χ1) is 28.9. The van der Waals surface area contributed by atoms with E-state index in [1.807, 2.05) is 12.1 Å². The van der Waals surface area contributed by atoms with Crippen molar-refractivity contribution in [2.45, 2.75) is 65.1 Å². The number of hydrogen-bond acceptors (Lipinski definition) is 11. The summed E-state index contributed by atoms with van der Waals surface area (Å²) in [4.78, 5) is 27.8.